The van der Waals surface area contributed by atoms with Crippen molar-refractivity contribution in [1.29, 1.82) is 0 Å². The third-order valence-electron chi connectivity index (χ3n) is 5.08. The summed E-state index contributed by atoms with van der Waals surface area (Å²) in [4.78, 5) is 16.7. The number of carbonyl (C=O) groups excluding carboxylic acids is 1. The molecular weight excluding hydrogens is 324 g/mol. The monoisotopic (exact) mass is 350 g/mol. The number of halogens is 1. The molecule has 4 nitrogen and oxygen atoms in total. The lowest BCUT2D eigenvalue weighted by molar-refractivity contribution is 0.0170. The van der Waals surface area contributed by atoms with Gasteiger partial charge in [-0.3, -0.25) is 0 Å². The Morgan fingerprint density at radius 3 is 2.29 bits per heavy atom. The van der Waals surface area contributed by atoms with Gasteiger partial charge in [-0.2, -0.15) is 0 Å². The average molecular weight is 351 g/mol. The number of hydrogen-bond donors (Lipinski definition) is 0. The molecule has 132 valence electrons. The van der Waals surface area contributed by atoms with Crippen LogP contribution in [0.5, 0.6) is 0 Å². The standard InChI is InChI=1S/C19H27ClN2O2/c1-18(2,3)24-17(23)21-13-10-19(11-14-21)9-4-12-22(19)16-7-5-15(20)6-8-16/h5-8H,4,9-14H2,1-3H3. The molecule has 0 unspecified atom stereocenters. The highest BCUT2D eigenvalue weighted by Gasteiger charge is 2.44. The smallest absolute Gasteiger partial charge is 0.410 e. The van der Waals surface area contributed by atoms with E-state index in [4.69, 9.17) is 16.3 Å². The van der Waals surface area contributed by atoms with Crippen molar-refractivity contribution in [2.75, 3.05) is 24.5 Å². The number of benzene rings is 1. The molecule has 0 atom stereocenters. The summed E-state index contributed by atoms with van der Waals surface area (Å²) in [6.07, 6.45) is 4.20. The Labute approximate surface area is 149 Å². The van der Waals surface area contributed by atoms with Crippen molar-refractivity contribution in [3.63, 3.8) is 0 Å². The molecule has 3 rings (SSSR count). The fourth-order valence-corrected chi connectivity index (χ4v) is 4.04. The number of likely N-dealkylation sites (tertiary alicyclic amines) is 1. The lowest BCUT2D eigenvalue weighted by atomic mass is 9.84. The zero-order valence-electron chi connectivity index (χ0n) is 14.8. The molecule has 0 saturated carbocycles. The molecule has 0 bridgehead atoms. The fraction of sp³-hybridized carbons (Fsp3) is 0.632. The largest absolute Gasteiger partial charge is 0.444 e. The first-order chi connectivity index (χ1) is 11.3. The molecule has 2 aliphatic heterocycles. The lowest BCUT2D eigenvalue weighted by Gasteiger charge is -2.46. The zero-order valence-corrected chi connectivity index (χ0v) is 15.6. The summed E-state index contributed by atoms with van der Waals surface area (Å²) in [5.74, 6) is 0. The van der Waals surface area contributed by atoms with E-state index < -0.39 is 5.60 Å². The summed E-state index contributed by atoms with van der Waals surface area (Å²) in [6, 6.07) is 8.13. The van der Waals surface area contributed by atoms with Gasteiger partial charge in [0.15, 0.2) is 0 Å². The summed E-state index contributed by atoms with van der Waals surface area (Å²) in [6.45, 7) is 8.34. The van der Waals surface area contributed by atoms with Gasteiger partial charge in [0, 0.05) is 35.9 Å². The molecule has 0 radical (unpaired) electrons. The molecule has 0 N–H and O–H groups in total. The summed E-state index contributed by atoms with van der Waals surface area (Å²) in [5, 5.41) is 0.770. The number of amides is 1. The van der Waals surface area contributed by atoms with Crippen LogP contribution >= 0.6 is 11.6 Å². The molecule has 2 fully saturated rings. The first-order valence-electron chi connectivity index (χ1n) is 8.80. The van der Waals surface area contributed by atoms with Crippen LogP contribution in [0, 0.1) is 0 Å². The normalized spacial score (nSPS) is 20.5. The van der Waals surface area contributed by atoms with Crippen LogP contribution in [0.3, 0.4) is 0 Å². The van der Waals surface area contributed by atoms with Crippen LogP contribution in [0.4, 0.5) is 10.5 Å². The second-order valence-corrected chi connectivity index (χ2v) is 8.36. The SMILES string of the molecule is CC(C)(C)OC(=O)N1CCC2(CCCN2c2ccc(Cl)cc2)CC1. The Hall–Kier alpha value is -1.42. The molecule has 2 heterocycles. The first kappa shape index (κ1) is 17.4. The van der Waals surface area contributed by atoms with E-state index in [-0.39, 0.29) is 11.6 Å². The second kappa shape index (κ2) is 6.47. The van der Waals surface area contributed by atoms with Gasteiger partial charge in [0.2, 0.25) is 0 Å². The molecule has 1 spiro atoms. The minimum Gasteiger partial charge on any atom is -0.444 e. The third kappa shape index (κ3) is 3.64. The highest BCUT2D eigenvalue weighted by molar-refractivity contribution is 6.30. The van der Waals surface area contributed by atoms with Crippen molar-refractivity contribution in [3.05, 3.63) is 29.3 Å². The summed E-state index contributed by atoms with van der Waals surface area (Å²) < 4.78 is 5.51. The zero-order chi connectivity index (χ0) is 17.4. The maximum atomic E-state index is 12.3. The fourth-order valence-electron chi connectivity index (χ4n) is 3.91. The van der Waals surface area contributed by atoms with Crippen LogP contribution in [-0.4, -0.2) is 41.8 Å². The number of nitrogens with zero attached hydrogens (tertiary/aromatic N) is 2. The van der Waals surface area contributed by atoms with Crippen molar-refractivity contribution in [2.45, 2.75) is 57.6 Å². The molecule has 2 aliphatic rings. The number of ether oxygens (including phenoxy) is 1. The van der Waals surface area contributed by atoms with Crippen molar-refractivity contribution < 1.29 is 9.53 Å². The first-order valence-corrected chi connectivity index (χ1v) is 9.18. The topological polar surface area (TPSA) is 32.8 Å². The molecule has 24 heavy (non-hydrogen) atoms. The minimum absolute atomic E-state index is 0.173. The predicted molar refractivity (Wildman–Crippen MR) is 97.8 cm³/mol. The van der Waals surface area contributed by atoms with Gasteiger partial charge in [-0.15, -0.1) is 0 Å². The van der Waals surface area contributed by atoms with E-state index in [1.54, 1.807) is 0 Å². The Morgan fingerprint density at radius 1 is 1.08 bits per heavy atom. The molecular formula is C19H27ClN2O2. The van der Waals surface area contributed by atoms with E-state index in [0.29, 0.717) is 0 Å². The average Bonchev–Trinajstić information content (AvgIpc) is 2.90. The van der Waals surface area contributed by atoms with Crippen LogP contribution in [0.15, 0.2) is 24.3 Å². The molecule has 0 aromatic heterocycles. The molecule has 1 aromatic carbocycles. The summed E-state index contributed by atoms with van der Waals surface area (Å²) >= 11 is 6.03. The Morgan fingerprint density at radius 2 is 1.71 bits per heavy atom. The Balaban J connectivity index is 1.67. The predicted octanol–water partition coefficient (Wildman–Crippen LogP) is 4.71. The van der Waals surface area contributed by atoms with Crippen molar-refractivity contribution >= 4 is 23.4 Å². The van der Waals surface area contributed by atoms with Gasteiger partial charge in [0.1, 0.15) is 5.60 Å². The van der Waals surface area contributed by atoms with Gasteiger partial charge < -0.3 is 14.5 Å². The maximum absolute atomic E-state index is 12.3. The molecule has 5 heteroatoms. The minimum atomic E-state index is -0.436. The van der Waals surface area contributed by atoms with E-state index in [2.05, 4.69) is 17.0 Å². The number of rotatable bonds is 1. The van der Waals surface area contributed by atoms with Crippen LogP contribution in [0.1, 0.15) is 46.5 Å². The molecule has 0 aliphatic carbocycles. The molecule has 1 aromatic rings. The van der Waals surface area contributed by atoms with Gasteiger partial charge in [-0.1, -0.05) is 11.6 Å². The van der Waals surface area contributed by atoms with Gasteiger partial charge in [-0.05, 0) is 70.7 Å². The quantitative estimate of drug-likeness (QED) is 0.735. The maximum Gasteiger partial charge on any atom is 0.410 e. The molecule has 2 saturated heterocycles. The van der Waals surface area contributed by atoms with Gasteiger partial charge >= 0.3 is 6.09 Å². The van der Waals surface area contributed by atoms with Crippen LogP contribution < -0.4 is 4.90 Å². The number of anilines is 1. The van der Waals surface area contributed by atoms with Crippen molar-refractivity contribution in [3.8, 4) is 0 Å². The number of piperidine rings is 1. The van der Waals surface area contributed by atoms with E-state index >= 15 is 0 Å². The third-order valence-corrected chi connectivity index (χ3v) is 5.33. The second-order valence-electron chi connectivity index (χ2n) is 7.92. The Bertz CT molecular complexity index is 586. The highest BCUT2D eigenvalue weighted by atomic mass is 35.5. The van der Waals surface area contributed by atoms with E-state index in [1.165, 1.54) is 18.5 Å². The van der Waals surface area contributed by atoms with E-state index in [1.807, 2.05) is 37.8 Å². The van der Waals surface area contributed by atoms with Crippen LogP contribution in [0.2, 0.25) is 5.02 Å². The van der Waals surface area contributed by atoms with E-state index in [0.717, 1.165) is 37.5 Å². The van der Waals surface area contributed by atoms with Crippen LogP contribution in [0.25, 0.3) is 0 Å². The lowest BCUT2D eigenvalue weighted by Crippen LogP contribution is -2.54. The van der Waals surface area contributed by atoms with Crippen molar-refractivity contribution in [2.24, 2.45) is 0 Å². The highest BCUT2D eigenvalue weighted by Crippen LogP contribution is 2.41. The molecule has 1 amide bonds. The summed E-state index contributed by atoms with van der Waals surface area (Å²) in [5.41, 5.74) is 0.976. The number of hydrogen-bond acceptors (Lipinski definition) is 3. The number of carbonyl (C=O) groups is 1. The van der Waals surface area contributed by atoms with Crippen molar-refractivity contribution in [1.82, 2.24) is 4.90 Å². The van der Waals surface area contributed by atoms with Gasteiger partial charge in [0.05, 0.1) is 0 Å². The van der Waals surface area contributed by atoms with Gasteiger partial charge in [-0.25, -0.2) is 4.79 Å². The van der Waals surface area contributed by atoms with E-state index in [9.17, 15) is 4.79 Å². The summed E-state index contributed by atoms with van der Waals surface area (Å²) in [7, 11) is 0. The van der Waals surface area contributed by atoms with Gasteiger partial charge in [0.25, 0.3) is 0 Å². The Kier molecular flexibility index (Phi) is 4.69. The van der Waals surface area contributed by atoms with Crippen LogP contribution in [-0.2, 0) is 4.74 Å².